The van der Waals surface area contributed by atoms with Crippen LogP contribution in [0.4, 0.5) is 4.39 Å². The highest BCUT2D eigenvalue weighted by Crippen LogP contribution is 2.24. The first kappa shape index (κ1) is 8.69. The van der Waals surface area contributed by atoms with Crippen LogP contribution in [0.3, 0.4) is 0 Å². The predicted octanol–water partition coefficient (Wildman–Crippen LogP) is 2.78. The van der Waals surface area contributed by atoms with E-state index in [-0.39, 0.29) is 5.82 Å². The zero-order chi connectivity index (χ0) is 9.59. The van der Waals surface area contributed by atoms with Crippen molar-refractivity contribution in [1.82, 2.24) is 9.78 Å². The lowest BCUT2D eigenvalue weighted by Gasteiger charge is -1.94. The summed E-state index contributed by atoms with van der Waals surface area (Å²) in [4.78, 5) is 0. The molecular formula is C9H8BrFN2. The molecular weight excluding hydrogens is 235 g/mol. The Hall–Kier alpha value is -0.900. The van der Waals surface area contributed by atoms with Gasteiger partial charge in [0.05, 0.1) is 10.9 Å². The van der Waals surface area contributed by atoms with Crippen LogP contribution in [0.15, 0.2) is 16.6 Å². The third-order valence-electron chi connectivity index (χ3n) is 2.14. The van der Waals surface area contributed by atoms with E-state index in [1.54, 1.807) is 4.68 Å². The molecule has 0 radical (unpaired) electrons. The lowest BCUT2D eigenvalue weighted by Crippen LogP contribution is -1.91. The summed E-state index contributed by atoms with van der Waals surface area (Å²) in [5, 5.41) is 4.78. The number of nitrogens with zero attached hydrogens (tertiary/aromatic N) is 2. The highest BCUT2D eigenvalue weighted by molar-refractivity contribution is 9.10. The average Bonchev–Trinajstić information content (AvgIpc) is 2.27. The molecule has 1 aromatic carbocycles. The van der Waals surface area contributed by atoms with Gasteiger partial charge in [0.2, 0.25) is 0 Å². The molecule has 2 aromatic rings. The lowest BCUT2D eigenvalue weighted by molar-refractivity contribution is 0.637. The number of aromatic nitrogens is 2. The van der Waals surface area contributed by atoms with Gasteiger partial charge in [-0.1, -0.05) is 15.9 Å². The van der Waals surface area contributed by atoms with Gasteiger partial charge in [0, 0.05) is 17.2 Å². The molecule has 13 heavy (non-hydrogen) atoms. The summed E-state index contributed by atoms with van der Waals surface area (Å²) < 4.78 is 15.8. The molecule has 1 heterocycles. The van der Waals surface area contributed by atoms with Crippen molar-refractivity contribution in [3.05, 3.63) is 28.1 Å². The Bertz CT molecular complexity index is 476. The van der Waals surface area contributed by atoms with E-state index in [4.69, 9.17) is 0 Å². The van der Waals surface area contributed by atoms with Crippen LogP contribution in [-0.4, -0.2) is 9.78 Å². The Morgan fingerprint density at radius 2 is 2.15 bits per heavy atom. The molecule has 0 bridgehead atoms. The van der Waals surface area contributed by atoms with Crippen molar-refractivity contribution in [3.8, 4) is 0 Å². The molecule has 0 spiro atoms. The highest BCUT2D eigenvalue weighted by atomic mass is 79.9. The van der Waals surface area contributed by atoms with Gasteiger partial charge < -0.3 is 0 Å². The van der Waals surface area contributed by atoms with Gasteiger partial charge in [-0.05, 0) is 19.1 Å². The minimum Gasteiger partial charge on any atom is -0.272 e. The van der Waals surface area contributed by atoms with Crippen molar-refractivity contribution in [2.75, 3.05) is 0 Å². The molecule has 0 aliphatic rings. The molecule has 68 valence electrons. The van der Waals surface area contributed by atoms with E-state index in [1.807, 2.05) is 20.0 Å². The summed E-state index contributed by atoms with van der Waals surface area (Å²) in [5.41, 5.74) is 1.53. The number of hydrogen-bond donors (Lipinski definition) is 0. The third kappa shape index (κ3) is 1.25. The number of aryl methyl sites for hydroxylation is 2. The fourth-order valence-corrected chi connectivity index (χ4v) is 1.81. The SMILES string of the molecule is Cc1c2c(F)cc(Br)cc2nn1C. The Morgan fingerprint density at radius 3 is 2.85 bits per heavy atom. The zero-order valence-electron chi connectivity index (χ0n) is 7.31. The summed E-state index contributed by atoms with van der Waals surface area (Å²) in [6.07, 6.45) is 0. The molecule has 0 amide bonds. The summed E-state index contributed by atoms with van der Waals surface area (Å²) in [6.45, 7) is 1.85. The summed E-state index contributed by atoms with van der Waals surface area (Å²) in [6, 6.07) is 3.27. The second-order valence-corrected chi connectivity index (χ2v) is 3.91. The largest absolute Gasteiger partial charge is 0.272 e. The van der Waals surface area contributed by atoms with Gasteiger partial charge in [-0.2, -0.15) is 5.10 Å². The molecule has 2 nitrogen and oxygen atoms in total. The number of halogens is 2. The summed E-state index contributed by atoms with van der Waals surface area (Å²) >= 11 is 3.23. The van der Waals surface area contributed by atoms with Crippen molar-refractivity contribution < 1.29 is 4.39 Å². The van der Waals surface area contributed by atoms with E-state index in [0.717, 1.165) is 10.2 Å². The monoisotopic (exact) mass is 242 g/mol. The van der Waals surface area contributed by atoms with Crippen LogP contribution in [0.25, 0.3) is 10.9 Å². The van der Waals surface area contributed by atoms with Crippen molar-refractivity contribution in [2.45, 2.75) is 6.92 Å². The van der Waals surface area contributed by atoms with Gasteiger partial charge in [0.1, 0.15) is 5.82 Å². The van der Waals surface area contributed by atoms with Crippen molar-refractivity contribution >= 4 is 26.8 Å². The fraction of sp³-hybridized carbons (Fsp3) is 0.222. The van der Waals surface area contributed by atoms with Gasteiger partial charge in [-0.3, -0.25) is 4.68 Å². The Kier molecular flexibility index (Phi) is 1.87. The number of hydrogen-bond acceptors (Lipinski definition) is 1. The zero-order valence-corrected chi connectivity index (χ0v) is 8.89. The van der Waals surface area contributed by atoms with Crippen molar-refractivity contribution in [1.29, 1.82) is 0 Å². The van der Waals surface area contributed by atoms with Crippen LogP contribution in [0.1, 0.15) is 5.69 Å². The molecule has 0 atom stereocenters. The first-order chi connectivity index (χ1) is 6.09. The van der Waals surface area contributed by atoms with Crippen LogP contribution in [-0.2, 0) is 7.05 Å². The van der Waals surface area contributed by atoms with Gasteiger partial charge in [-0.25, -0.2) is 4.39 Å². The van der Waals surface area contributed by atoms with E-state index in [0.29, 0.717) is 10.9 Å². The van der Waals surface area contributed by atoms with Crippen molar-refractivity contribution in [3.63, 3.8) is 0 Å². The second-order valence-electron chi connectivity index (χ2n) is 2.99. The Morgan fingerprint density at radius 1 is 1.46 bits per heavy atom. The van der Waals surface area contributed by atoms with Gasteiger partial charge in [0.15, 0.2) is 0 Å². The smallest absolute Gasteiger partial charge is 0.135 e. The van der Waals surface area contributed by atoms with Crippen LogP contribution in [0.2, 0.25) is 0 Å². The molecule has 4 heteroatoms. The molecule has 0 unspecified atom stereocenters. The minimum absolute atomic E-state index is 0.227. The molecule has 0 fully saturated rings. The standard InChI is InChI=1S/C9H8BrFN2/c1-5-9-7(11)3-6(10)4-8(9)12-13(5)2/h3-4H,1-2H3. The van der Waals surface area contributed by atoms with Crippen LogP contribution < -0.4 is 0 Å². The van der Waals surface area contributed by atoms with Crippen LogP contribution in [0, 0.1) is 12.7 Å². The highest BCUT2D eigenvalue weighted by Gasteiger charge is 2.10. The average molecular weight is 243 g/mol. The molecule has 0 saturated heterocycles. The van der Waals surface area contributed by atoms with Crippen molar-refractivity contribution in [2.24, 2.45) is 7.05 Å². The van der Waals surface area contributed by atoms with Gasteiger partial charge >= 0.3 is 0 Å². The maximum Gasteiger partial charge on any atom is 0.135 e. The van der Waals surface area contributed by atoms with E-state index in [2.05, 4.69) is 21.0 Å². The molecule has 0 N–H and O–H groups in total. The first-order valence-electron chi connectivity index (χ1n) is 3.88. The maximum absolute atomic E-state index is 13.4. The quantitative estimate of drug-likeness (QED) is 0.695. The normalized spacial score (nSPS) is 11.1. The topological polar surface area (TPSA) is 17.8 Å². The third-order valence-corrected chi connectivity index (χ3v) is 2.60. The molecule has 0 saturated carbocycles. The van der Waals surface area contributed by atoms with E-state index in [9.17, 15) is 4.39 Å². The molecule has 0 aliphatic heterocycles. The van der Waals surface area contributed by atoms with E-state index in [1.165, 1.54) is 6.07 Å². The maximum atomic E-state index is 13.4. The van der Waals surface area contributed by atoms with E-state index >= 15 is 0 Å². The van der Waals surface area contributed by atoms with Gasteiger partial charge in [0.25, 0.3) is 0 Å². The minimum atomic E-state index is -0.227. The molecule has 1 aromatic heterocycles. The van der Waals surface area contributed by atoms with Crippen LogP contribution in [0.5, 0.6) is 0 Å². The Labute approximate surface area is 83.5 Å². The predicted molar refractivity (Wildman–Crippen MR) is 53.1 cm³/mol. The summed E-state index contributed by atoms with van der Waals surface area (Å²) in [7, 11) is 1.81. The molecule has 2 rings (SSSR count). The van der Waals surface area contributed by atoms with Crippen LogP contribution >= 0.6 is 15.9 Å². The number of rotatable bonds is 0. The first-order valence-corrected chi connectivity index (χ1v) is 4.67. The molecule has 0 aliphatic carbocycles. The lowest BCUT2D eigenvalue weighted by atomic mass is 10.2. The number of fused-ring (bicyclic) bond motifs is 1. The Balaban J connectivity index is 2.94. The van der Waals surface area contributed by atoms with Gasteiger partial charge in [-0.15, -0.1) is 0 Å². The second kappa shape index (κ2) is 2.80. The number of benzene rings is 1. The van der Waals surface area contributed by atoms with E-state index < -0.39 is 0 Å². The summed E-state index contributed by atoms with van der Waals surface area (Å²) in [5.74, 6) is -0.227. The fourth-order valence-electron chi connectivity index (χ4n) is 1.40.